The molecule has 0 radical (unpaired) electrons. The van der Waals surface area contributed by atoms with Gasteiger partial charge in [0, 0.05) is 25.1 Å². The summed E-state index contributed by atoms with van der Waals surface area (Å²) < 4.78 is 30.0. The highest BCUT2D eigenvalue weighted by atomic mass is 19.1. The van der Waals surface area contributed by atoms with Gasteiger partial charge in [-0.1, -0.05) is 12.1 Å². The Morgan fingerprint density at radius 1 is 1.06 bits per heavy atom. The van der Waals surface area contributed by atoms with Gasteiger partial charge in [0.2, 0.25) is 0 Å². The van der Waals surface area contributed by atoms with Crippen LogP contribution < -0.4 is 16.0 Å². The number of esters is 1. The monoisotopic (exact) mass is 428 g/mol. The van der Waals surface area contributed by atoms with E-state index in [-0.39, 0.29) is 32.2 Å². The molecule has 0 amide bonds. The van der Waals surface area contributed by atoms with Gasteiger partial charge in [-0.05, 0) is 42.0 Å². The fourth-order valence-electron chi connectivity index (χ4n) is 2.76. The summed E-state index contributed by atoms with van der Waals surface area (Å²) in [5.74, 6) is 0.238. The number of hydrogen-bond donors (Lipinski definition) is 1. The summed E-state index contributed by atoms with van der Waals surface area (Å²) >= 11 is 0. The molecule has 0 fully saturated rings. The first-order chi connectivity index (χ1) is 14.9. The van der Waals surface area contributed by atoms with Crippen LogP contribution in [0.5, 0.6) is 11.5 Å². The molecule has 1 N–H and O–H groups in total. The lowest BCUT2D eigenvalue weighted by Crippen LogP contribution is -2.32. The molecule has 3 aromatic rings. The molecule has 1 heterocycles. The molecule has 2 aromatic carbocycles. The van der Waals surface area contributed by atoms with Gasteiger partial charge in [0.25, 0.3) is 5.56 Å². The van der Waals surface area contributed by atoms with Crippen LogP contribution in [0.1, 0.15) is 18.1 Å². The lowest BCUT2D eigenvalue weighted by atomic mass is 10.1. The van der Waals surface area contributed by atoms with E-state index in [9.17, 15) is 18.8 Å². The van der Waals surface area contributed by atoms with Crippen molar-refractivity contribution in [2.75, 3.05) is 13.2 Å². The third kappa shape index (κ3) is 6.65. The van der Waals surface area contributed by atoms with E-state index in [0.29, 0.717) is 17.1 Å². The van der Waals surface area contributed by atoms with Gasteiger partial charge in [-0.2, -0.15) is 0 Å². The van der Waals surface area contributed by atoms with Crippen LogP contribution >= 0.6 is 0 Å². The van der Waals surface area contributed by atoms with Crippen molar-refractivity contribution in [3.63, 3.8) is 0 Å². The van der Waals surface area contributed by atoms with E-state index < -0.39 is 17.2 Å². The fourth-order valence-corrected chi connectivity index (χ4v) is 2.76. The molecule has 9 heteroatoms. The second-order valence-corrected chi connectivity index (χ2v) is 6.64. The smallest absolute Gasteiger partial charge is 0.330 e. The zero-order chi connectivity index (χ0) is 22.2. The van der Waals surface area contributed by atoms with Gasteiger partial charge in [0.05, 0.1) is 6.61 Å². The maximum atomic E-state index is 13.0. The van der Waals surface area contributed by atoms with Crippen LogP contribution in [0.4, 0.5) is 4.39 Å². The Morgan fingerprint density at radius 2 is 1.84 bits per heavy atom. The summed E-state index contributed by atoms with van der Waals surface area (Å²) in [5, 5.41) is 0. The lowest BCUT2D eigenvalue weighted by Gasteiger charge is -2.10. The number of aromatic nitrogens is 2. The summed E-state index contributed by atoms with van der Waals surface area (Å²) in [6.07, 6.45) is 1.68. The van der Waals surface area contributed by atoms with Gasteiger partial charge in [-0.3, -0.25) is 19.1 Å². The molecule has 0 aliphatic heterocycles. The van der Waals surface area contributed by atoms with Crippen LogP contribution in [0, 0.1) is 5.82 Å². The zero-order valence-corrected chi connectivity index (χ0v) is 16.8. The van der Waals surface area contributed by atoms with Gasteiger partial charge in [-0.25, -0.2) is 9.18 Å². The van der Waals surface area contributed by atoms with Crippen molar-refractivity contribution in [2.24, 2.45) is 0 Å². The minimum atomic E-state index is -0.602. The number of benzene rings is 2. The average molecular weight is 428 g/mol. The predicted octanol–water partition coefficient (Wildman–Crippen LogP) is 2.60. The Morgan fingerprint density at radius 3 is 2.58 bits per heavy atom. The lowest BCUT2D eigenvalue weighted by molar-refractivity contribution is -0.142. The quantitative estimate of drug-likeness (QED) is 0.415. The second-order valence-electron chi connectivity index (χ2n) is 6.64. The topological polar surface area (TPSA) is 99.6 Å². The molecule has 0 spiro atoms. The molecule has 8 nitrogen and oxygen atoms in total. The molecular formula is C22H21FN2O6. The zero-order valence-electron chi connectivity index (χ0n) is 16.8. The highest BCUT2D eigenvalue weighted by Crippen LogP contribution is 2.23. The van der Waals surface area contributed by atoms with Gasteiger partial charge in [0.15, 0.2) is 0 Å². The molecule has 0 bridgehead atoms. The van der Waals surface area contributed by atoms with Gasteiger partial charge < -0.3 is 14.2 Å². The van der Waals surface area contributed by atoms with Crippen molar-refractivity contribution in [2.45, 2.75) is 20.1 Å². The number of halogens is 1. The third-order valence-corrected chi connectivity index (χ3v) is 4.19. The van der Waals surface area contributed by atoms with E-state index in [2.05, 4.69) is 4.98 Å². The number of rotatable bonds is 9. The molecular weight excluding hydrogens is 407 g/mol. The van der Waals surface area contributed by atoms with Crippen LogP contribution in [0.25, 0.3) is 0 Å². The molecule has 31 heavy (non-hydrogen) atoms. The van der Waals surface area contributed by atoms with Crippen LogP contribution in [0.2, 0.25) is 0 Å². The number of nitrogens with zero attached hydrogens (tertiary/aromatic N) is 1. The van der Waals surface area contributed by atoms with Gasteiger partial charge in [-0.15, -0.1) is 0 Å². The number of carbonyl (C=O) groups is 1. The molecule has 0 atom stereocenters. The summed E-state index contributed by atoms with van der Waals surface area (Å²) in [5.41, 5.74) is 0.0499. The molecule has 3 rings (SSSR count). The standard InChI is InChI=1S/C22H21FN2O6/c1-15(26)30-10-9-29-14-25-13-17(21(27)24-22(25)28)11-16-3-2-4-20(12-16)31-19-7-5-18(23)6-8-19/h2-8,12-13H,9-11,14H2,1H3,(H,24,27,28). The highest BCUT2D eigenvalue weighted by molar-refractivity contribution is 5.65. The largest absolute Gasteiger partial charge is 0.463 e. The summed E-state index contributed by atoms with van der Waals surface area (Å²) in [4.78, 5) is 37.2. The van der Waals surface area contributed by atoms with Crippen LogP contribution in [-0.2, 0) is 27.4 Å². The summed E-state index contributed by atoms with van der Waals surface area (Å²) in [6.45, 7) is 1.38. The Labute approximate surface area is 176 Å². The Kier molecular flexibility index (Phi) is 7.34. The van der Waals surface area contributed by atoms with Crippen LogP contribution in [0.15, 0.2) is 64.3 Å². The molecule has 1 aromatic heterocycles. The van der Waals surface area contributed by atoms with Crippen LogP contribution in [0.3, 0.4) is 0 Å². The van der Waals surface area contributed by atoms with E-state index in [0.717, 1.165) is 5.56 Å². The van der Waals surface area contributed by atoms with Crippen molar-refractivity contribution >= 4 is 5.97 Å². The number of H-pyrrole nitrogens is 1. The van der Waals surface area contributed by atoms with E-state index >= 15 is 0 Å². The number of ether oxygens (including phenoxy) is 3. The van der Waals surface area contributed by atoms with Crippen molar-refractivity contribution in [1.29, 1.82) is 0 Å². The van der Waals surface area contributed by atoms with Crippen molar-refractivity contribution in [3.05, 3.63) is 92.5 Å². The number of nitrogens with one attached hydrogen (secondary N) is 1. The minimum absolute atomic E-state index is 0.0706. The summed E-state index contributed by atoms with van der Waals surface area (Å²) in [7, 11) is 0. The second kappa shape index (κ2) is 10.4. The van der Waals surface area contributed by atoms with Gasteiger partial charge >= 0.3 is 11.7 Å². The number of aromatic amines is 1. The van der Waals surface area contributed by atoms with E-state index in [1.807, 2.05) is 6.07 Å². The van der Waals surface area contributed by atoms with E-state index in [4.69, 9.17) is 14.2 Å². The van der Waals surface area contributed by atoms with E-state index in [1.165, 1.54) is 42.0 Å². The molecule has 0 saturated heterocycles. The highest BCUT2D eigenvalue weighted by Gasteiger charge is 2.08. The normalized spacial score (nSPS) is 10.6. The first-order valence-corrected chi connectivity index (χ1v) is 9.47. The third-order valence-electron chi connectivity index (χ3n) is 4.19. The number of hydrogen-bond acceptors (Lipinski definition) is 6. The van der Waals surface area contributed by atoms with Crippen LogP contribution in [-0.4, -0.2) is 28.7 Å². The Hall–Kier alpha value is -3.72. The summed E-state index contributed by atoms with van der Waals surface area (Å²) in [6, 6.07) is 12.7. The number of carbonyl (C=O) groups excluding carboxylic acids is 1. The first-order valence-electron chi connectivity index (χ1n) is 9.47. The molecule has 162 valence electrons. The van der Waals surface area contributed by atoms with Crippen molar-refractivity contribution in [3.8, 4) is 11.5 Å². The van der Waals surface area contributed by atoms with Crippen molar-refractivity contribution < 1.29 is 23.4 Å². The first kappa shape index (κ1) is 22.0. The maximum absolute atomic E-state index is 13.0. The van der Waals surface area contributed by atoms with Crippen molar-refractivity contribution in [1.82, 2.24) is 9.55 Å². The fraction of sp³-hybridized carbons (Fsp3) is 0.227. The Balaban J connectivity index is 1.68. The molecule has 0 saturated carbocycles. The molecule has 0 aliphatic carbocycles. The minimum Gasteiger partial charge on any atom is -0.463 e. The molecule has 0 unspecified atom stereocenters. The average Bonchev–Trinajstić information content (AvgIpc) is 2.72. The molecule has 0 aliphatic rings. The predicted molar refractivity (Wildman–Crippen MR) is 110 cm³/mol. The van der Waals surface area contributed by atoms with Gasteiger partial charge in [0.1, 0.15) is 30.7 Å². The maximum Gasteiger partial charge on any atom is 0.330 e. The SMILES string of the molecule is CC(=O)OCCOCn1cc(Cc2cccc(Oc3ccc(F)cc3)c2)c(=O)[nH]c1=O. The van der Waals surface area contributed by atoms with E-state index in [1.54, 1.807) is 18.2 Å². The Bertz CT molecular complexity index is 1150.